The molecule has 0 spiro atoms. The van der Waals surface area contributed by atoms with Crippen LogP contribution in [-0.2, 0) is 4.74 Å². The second-order valence-corrected chi connectivity index (χ2v) is 4.54. The van der Waals surface area contributed by atoms with E-state index in [1.54, 1.807) is 12.1 Å². The molecule has 1 heterocycles. The summed E-state index contributed by atoms with van der Waals surface area (Å²) in [4.78, 5) is 0. The largest absolute Gasteiger partial charge is 0.376 e. The highest BCUT2D eigenvalue weighted by Gasteiger charge is 2.26. The predicted octanol–water partition coefficient (Wildman–Crippen LogP) is 3.05. The summed E-state index contributed by atoms with van der Waals surface area (Å²) in [6, 6.07) is 6.94. The van der Waals surface area contributed by atoms with Crippen LogP contribution in [0.5, 0.6) is 0 Å². The van der Waals surface area contributed by atoms with Crippen LogP contribution in [0.1, 0.15) is 37.8 Å². The molecule has 1 aliphatic heterocycles. The molecule has 1 aromatic carbocycles. The fraction of sp³-hybridized carbons (Fsp3) is 0.571. The summed E-state index contributed by atoms with van der Waals surface area (Å²) in [5, 5.41) is 3.46. The Morgan fingerprint density at radius 3 is 3.06 bits per heavy atom. The summed E-state index contributed by atoms with van der Waals surface area (Å²) in [7, 11) is 0. The van der Waals surface area contributed by atoms with Gasteiger partial charge in [-0.25, -0.2) is 4.39 Å². The van der Waals surface area contributed by atoms with Crippen molar-refractivity contribution in [1.82, 2.24) is 5.32 Å². The van der Waals surface area contributed by atoms with Gasteiger partial charge in [0, 0.05) is 6.61 Å². The van der Waals surface area contributed by atoms with Crippen LogP contribution in [0.4, 0.5) is 4.39 Å². The highest BCUT2D eigenvalue weighted by atomic mass is 19.1. The molecule has 2 nitrogen and oxygen atoms in total. The molecule has 1 fully saturated rings. The Labute approximate surface area is 102 Å². The van der Waals surface area contributed by atoms with E-state index in [9.17, 15) is 4.39 Å². The molecule has 1 aliphatic rings. The van der Waals surface area contributed by atoms with E-state index in [0.29, 0.717) is 0 Å². The SMILES string of the molecule is CCCNC(c1cccc(F)c1)C1CCCO1. The van der Waals surface area contributed by atoms with Crippen molar-refractivity contribution in [2.75, 3.05) is 13.2 Å². The van der Waals surface area contributed by atoms with Crippen LogP contribution >= 0.6 is 0 Å². The smallest absolute Gasteiger partial charge is 0.123 e. The van der Waals surface area contributed by atoms with Gasteiger partial charge in [0.1, 0.15) is 5.82 Å². The lowest BCUT2D eigenvalue weighted by Crippen LogP contribution is -2.32. The molecule has 1 aromatic rings. The molecule has 2 unspecified atom stereocenters. The highest BCUT2D eigenvalue weighted by molar-refractivity contribution is 5.21. The lowest BCUT2D eigenvalue weighted by atomic mass is 9.99. The Balaban J connectivity index is 2.13. The van der Waals surface area contributed by atoms with Gasteiger partial charge in [0.15, 0.2) is 0 Å². The van der Waals surface area contributed by atoms with Gasteiger partial charge in [-0.3, -0.25) is 0 Å². The standard InChI is InChI=1S/C14H20FNO/c1-2-8-16-14(13-7-4-9-17-13)11-5-3-6-12(15)10-11/h3,5-6,10,13-14,16H,2,4,7-9H2,1H3. The topological polar surface area (TPSA) is 21.3 Å². The van der Waals surface area contributed by atoms with E-state index in [1.807, 2.05) is 6.07 Å². The average molecular weight is 237 g/mol. The quantitative estimate of drug-likeness (QED) is 0.850. The summed E-state index contributed by atoms with van der Waals surface area (Å²) in [6.45, 7) is 3.89. The lowest BCUT2D eigenvalue weighted by Gasteiger charge is -2.24. The minimum absolute atomic E-state index is 0.119. The number of hydrogen-bond acceptors (Lipinski definition) is 2. The molecule has 2 atom stereocenters. The van der Waals surface area contributed by atoms with Crippen molar-refractivity contribution in [2.24, 2.45) is 0 Å². The monoisotopic (exact) mass is 237 g/mol. The van der Waals surface area contributed by atoms with Crippen LogP contribution in [0.15, 0.2) is 24.3 Å². The molecule has 1 saturated heterocycles. The van der Waals surface area contributed by atoms with Crippen LogP contribution in [0, 0.1) is 5.82 Å². The van der Waals surface area contributed by atoms with Gasteiger partial charge in [0.05, 0.1) is 12.1 Å². The van der Waals surface area contributed by atoms with Gasteiger partial charge in [-0.2, -0.15) is 0 Å². The zero-order valence-electron chi connectivity index (χ0n) is 10.3. The van der Waals surface area contributed by atoms with Gasteiger partial charge >= 0.3 is 0 Å². The minimum Gasteiger partial charge on any atom is -0.376 e. The highest BCUT2D eigenvalue weighted by Crippen LogP contribution is 2.27. The number of nitrogens with one attached hydrogen (secondary N) is 1. The van der Waals surface area contributed by atoms with Crippen molar-refractivity contribution < 1.29 is 9.13 Å². The maximum atomic E-state index is 13.3. The summed E-state index contributed by atoms with van der Waals surface area (Å²) in [5.41, 5.74) is 0.991. The van der Waals surface area contributed by atoms with Gasteiger partial charge in [0.25, 0.3) is 0 Å². The molecule has 0 radical (unpaired) electrons. The first kappa shape index (κ1) is 12.5. The molecule has 0 aliphatic carbocycles. The minimum atomic E-state index is -0.177. The number of hydrogen-bond donors (Lipinski definition) is 1. The summed E-state index contributed by atoms with van der Waals surface area (Å²) in [6.07, 6.45) is 3.41. The van der Waals surface area contributed by atoms with Crippen molar-refractivity contribution >= 4 is 0 Å². The van der Waals surface area contributed by atoms with Gasteiger partial charge in [-0.05, 0) is 43.5 Å². The molecular formula is C14H20FNO. The van der Waals surface area contributed by atoms with Crippen LogP contribution in [-0.4, -0.2) is 19.3 Å². The number of halogens is 1. The normalized spacial score (nSPS) is 21.6. The lowest BCUT2D eigenvalue weighted by molar-refractivity contribution is 0.0782. The molecule has 0 saturated carbocycles. The first-order valence-electron chi connectivity index (χ1n) is 6.41. The molecular weight excluding hydrogens is 217 g/mol. The van der Waals surface area contributed by atoms with Crippen LogP contribution in [0.25, 0.3) is 0 Å². The van der Waals surface area contributed by atoms with Crippen molar-refractivity contribution in [1.29, 1.82) is 0 Å². The fourth-order valence-electron chi connectivity index (χ4n) is 2.33. The van der Waals surface area contributed by atoms with E-state index in [-0.39, 0.29) is 18.0 Å². The van der Waals surface area contributed by atoms with Crippen LogP contribution in [0.2, 0.25) is 0 Å². The molecule has 3 heteroatoms. The first-order chi connectivity index (χ1) is 8.31. The molecule has 94 valence electrons. The molecule has 1 N–H and O–H groups in total. The Bertz CT molecular complexity index is 350. The van der Waals surface area contributed by atoms with Crippen molar-refractivity contribution in [3.05, 3.63) is 35.6 Å². The zero-order valence-corrected chi connectivity index (χ0v) is 10.3. The fourth-order valence-corrected chi connectivity index (χ4v) is 2.33. The van der Waals surface area contributed by atoms with Crippen LogP contribution < -0.4 is 5.32 Å². The second kappa shape index (κ2) is 6.12. The molecule has 2 rings (SSSR count). The number of rotatable bonds is 5. The maximum absolute atomic E-state index is 13.3. The Morgan fingerprint density at radius 1 is 1.53 bits per heavy atom. The van der Waals surface area contributed by atoms with Crippen LogP contribution in [0.3, 0.4) is 0 Å². The predicted molar refractivity (Wildman–Crippen MR) is 66.4 cm³/mol. The molecule has 0 bridgehead atoms. The number of benzene rings is 1. The van der Waals surface area contributed by atoms with E-state index in [2.05, 4.69) is 12.2 Å². The van der Waals surface area contributed by atoms with E-state index in [4.69, 9.17) is 4.74 Å². The third-order valence-electron chi connectivity index (χ3n) is 3.16. The first-order valence-corrected chi connectivity index (χ1v) is 6.41. The molecule has 17 heavy (non-hydrogen) atoms. The number of ether oxygens (including phenoxy) is 1. The summed E-state index contributed by atoms with van der Waals surface area (Å²) < 4.78 is 19.0. The van der Waals surface area contributed by atoms with Crippen molar-refractivity contribution in [2.45, 2.75) is 38.3 Å². The summed E-state index contributed by atoms with van der Waals surface area (Å²) >= 11 is 0. The van der Waals surface area contributed by atoms with Crippen molar-refractivity contribution in [3.8, 4) is 0 Å². The Hall–Kier alpha value is -0.930. The second-order valence-electron chi connectivity index (χ2n) is 4.54. The summed E-state index contributed by atoms with van der Waals surface area (Å²) in [5.74, 6) is -0.177. The molecule has 0 aromatic heterocycles. The average Bonchev–Trinajstić information content (AvgIpc) is 2.83. The van der Waals surface area contributed by atoms with Crippen molar-refractivity contribution in [3.63, 3.8) is 0 Å². The van der Waals surface area contributed by atoms with E-state index in [1.165, 1.54) is 6.07 Å². The zero-order chi connectivity index (χ0) is 12.1. The molecule has 0 amide bonds. The van der Waals surface area contributed by atoms with Gasteiger partial charge < -0.3 is 10.1 Å². The third kappa shape index (κ3) is 3.27. The van der Waals surface area contributed by atoms with E-state index < -0.39 is 0 Å². The Morgan fingerprint density at radius 2 is 2.41 bits per heavy atom. The third-order valence-corrected chi connectivity index (χ3v) is 3.16. The van der Waals surface area contributed by atoms with Gasteiger partial charge in [0.2, 0.25) is 0 Å². The Kier molecular flexibility index (Phi) is 4.51. The van der Waals surface area contributed by atoms with E-state index in [0.717, 1.165) is 38.0 Å². The maximum Gasteiger partial charge on any atom is 0.123 e. The van der Waals surface area contributed by atoms with Gasteiger partial charge in [-0.1, -0.05) is 19.1 Å². The van der Waals surface area contributed by atoms with E-state index >= 15 is 0 Å². The van der Waals surface area contributed by atoms with Gasteiger partial charge in [-0.15, -0.1) is 0 Å².